The summed E-state index contributed by atoms with van der Waals surface area (Å²) in [5.41, 5.74) is 7.25. The first-order valence-electron chi connectivity index (χ1n) is 5.79. The Balaban J connectivity index is 2.44. The van der Waals surface area contributed by atoms with Gasteiger partial charge in [0.25, 0.3) is 0 Å². The minimum absolute atomic E-state index is 0.259. The lowest BCUT2D eigenvalue weighted by Gasteiger charge is -1.99. The largest absolute Gasteiger partial charge is 0.326 e. The van der Waals surface area contributed by atoms with Gasteiger partial charge < -0.3 is 5.73 Å². The van der Waals surface area contributed by atoms with Crippen LogP contribution in [0.1, 0.15) is 23.9 Å². The number of aromatic nitrogens is 1. The number of thiazole rings is 1. The van der Waals surface area contributed by atoms with Gasteiger partial charge in [-0.1, -0.05) is 29.3 Å². The number of nitrogens with two attached hydrogens (primary N) is 1. The summed E-state index contributed by atoms with van der Waals surface area (Å²) in [6.07, 6.45) is 1.90. The van der Waals surface area contributed by atoms with Gasteiger partial charge in [0.1, 0.15) is 10.8 Å². The molecule has 0 spiro atoms. The molecule has 18 heavy (non-hydrogen) atoms. The highest BCUT2D eigenvalue weighted by atomic mass is 79.9. The zero-order valence-electron chi connectivity index (χ0n) is 10.0. The molecule has 2 nitrogen and oxygen atoms in total. The summed E-state index contributed by atoms with van der Waals surface area (Å²) in [5.74, 6) is -0.259. The van der Waals surface area contributed by atoms with Gasteiger partial charge in [-0.3, -0.25) is 0 Å². The first-order chi connectivity index (χ1) is 8.65. The third-order valence-electron chi connectivity index (χ3n) is 2.61. The predicted molar refractivity (Wildman–Crippen MR) is 77.1 cm³/mol. The SMILES string of the molecule is CCCc1nc(-c2ccc(Br)cc2F)sc1CN. The van der Waals surface area contributed by atoms with E-state index in [0.717, 1.165) is 27.9 Å². The number of aryl methyl sites for hydroxylation is 1. The van der Waals surface area contributed by atoms with E-state index in [1.165, 1.54) is 17.4 Å². The minimum Gasteiger partial charge on any atom is -0.326 e. The first-order valence-corrected chi connectivity index (χ1v) is 7.40. The summed E-state index contributed by atoms with van der Waals surface area (Å²) in [6, 6.07) is 5.02. The van der Waals surface area contributed by atoms with Gasteiger partial charge in [-0.25, -0.2) is 9.37 Å². The Labute approximate surface area is 118 Å². The quantitative estimate of drug-likeness (QED) is 0.916. The zero-order valence-corrected chi connectivity index (χ0v) is 12.4. The highest BCUT2D eigenvalue weighted by molar-refractivity contribution is 9.10. The molecule has 5 heteroatoms. The lowest BCUT2D eigenvalue weighted by molar-refractivity contribution is 0.630. The van der Waals surface area contributed by atoms with Gasteiger partial charge >= 0.3 is 0 Å². The number of hydrogen-bond acceptors (Lipinski definition) is 3. The highest BCUT2D eigenvalue weighted by Gasteiger charge is 2.14. The van der Waals surface area contributed by atoms with Crippen LogP contribution in [0.25, 0.3) is 10.6 Å². The fourth-order valence-electron chi connectivity index (χ4n) is 1.75. The molecular formula is C13H14BrFN2S. The molecule has 0 aliphatic heterocycles. The summed E-state index contributed by atoms with van der Waals surface area (Å²) >= 11 is 4.73. The molecule has 0 unspecified atom stereocenters. The van der Waals surface area contributed by atoms with E-state index in [1.807, 2.05) is 6.07 Å². The molecule has 2 N–H and O–H groups in total. The van der Waals surface area contributed by atoms with Crippen molar-refractivity contribution in [2.45, 2.75) is 26.3 Å². The Morgan fingerprint density at radius 1 is 1.44 bits per heavy atom. The predicted octanol–water partition coefficient (Wildman–Crippen LogP) is 4.12. The van der Waals surface area contributed by atoms with E-state index >= 15 is 0 Å². The van der Waals surface area contributed by atoms with Crippen molar-refractivity contribution in [3.05, 3.63) is 39.1 Å². The molecule has 0 saturated heterocycles. The summed E-state index contributed by atoms with van der Waals surface area (Å²) in [7, 11) is 0. The van der Waals surface area contributed by atoms with Crippen LogP contribution in [-0.4, -0.2) is 4.98 Å². The zero-order chi connectivity index (χ0) is 13.1. The molecule has 0 saturated carbocycles. The fraction of sp³-hybridized carbons (Fsp3) is 0.308. The Kier molecular flexibility index (Phi) is 4.48. The van der Waals surface area contributed by atoms with Crippen LogP contribution in [0.2, 0.25) is 0 Å². The Morgan fingerprint density at radius 3 is 2.83 bits per heavy atom. The molecule has 96 valence electrons. The maximum atomic E-state index is 13.9. The van der Waals surface area contributed by atoms with Crippen molar-refractivity contribution < 1.29 is 4.39 Å². The van der Waals surface area contributed by atoms with Gasteiger partial charge in [0, 0.05) is 21.5 Å². The smallest absolute Gasteiger partial charge is 0.134 e. The van der Waals surface area contributed by atoms with Crippen LogP contribution in [-0.2, 0) is 13.0 Å². The van der Waals surface area contributed by atoms with E-state index in [2.05, 4.69) is 27.8 Å². The number of halogens is 2. The van der Waals surface area contributed by atoms with Crippen molar-refractivity contribution >= 4 is 27.3 Å². The van der Waals surface area contributed by atoms with Gasteiger partial charge in [0.15, 0.2) is 0 Å². The van der Waals surface area contributed by atoms with E-state index in [9.17, 15) is 4.39 Å². The maximum absolute atomic E-state index is 13.9. The average molecular weight is 329 g/mol. The monoisotopic (exact) mass is 328 g/mol. The van der Waals surface area contributed by atoms with E-state index in [4.69, 9.17) is 5.73 Å². The van der Waals surface area contributed by atoms with Gasteiger partial charge in [-0.15, -0.1) is 11.3 Å². The number of benzene rings is 1. The average Bonchev–Trinajstić information content (AvgIpc) is 2.72. The van der Waals surface area contributed by atoms with Gasteiger partial charge in [0.05, 0.1) is 5.69 Å². The third-order valence-corrected chi connectivity index (χ3v) is 4.26. The van der Waals surface area contributed by atoms with Gasteiger partial charge in [-0.05, 0) is 24.6 Å². The normalized spacial score (nSPS) is 10.9. The highest BCUT2D eigenvalue weighted by Crippen LogP contribution is 2.31. The van der Waals surface area contributed by atoms with Crippen LogP contribution in [0, 0.1) is 5.82 Å². The topological polar surface area (TPSA) is 38.9 Å². The molecule has 0 atom stereocenters. The standard InChI is InChI=1S/C13H14BrFN2S/c1-2-3-11-12(7-16)18-13(17-11)9-5-4-8(14)6-10(9)15/h4-6H,2-3,7,16H2,1H3. The van der Waals surface area contributed by atoms with Crippen molar-refractivity contribution in [2.24, 2.45) is 5.73 Å². The molecule has 1 aromatic carbocycles. The molecule has 0 bridgehead atoms. The first kappa shape index (κ1) is 13.6. The molecule has 1 aromatic heterocycles. The van der Waals surface area contributed by atoms with Crippen LogP contribution < -0.4 is 5.73 Å². The van der Waals surface area contributed by atoms with E-state index in [0.29, 0.717) is 17.1 Å². The van der Waals surface area contributed by atoms with Gasteiger partial charge in [0.2, 0.25) is 0 Å². The third kappa shape index (κ3) is 2.79. The molecule has 0 radical (unpaired) electrons. The van der Waals surface area contributed by atoms with Gasteiger partial charge in [-0.2, -0.15) is 0 Å². The number of hydrogen-bond donors (Lipinski definition) is 1. The molecule has 0 fully saturated rings. The summed E-state index contributed by atoms with van der Waals surface area (Å²) in [4.78, 5) is 5.56. The second kappa shape index (κ2) is 5.91. The van der Waals surface area contributed by atoms with Crippen molar-refractivity contribution in [2.75, 3.05) is 0 Å². The van der Waals surface area contributed by atoms with Crippen LogP contribution >= 0.6 is 27.3 Å². The Hall–Kier alpha value is -0.780. The molecular weight excluding hydrogens is 315 g/mol. The molecule has 0 aliphatic rings. The van der Waals surface area contributed by atoms with E-state index in [-0.39, 0.29) is 5.82 Å². The molecule has 0 amide bonds. The van der Waals surface area contributed by atoms with E-state index in [1.54, 1.807) is 6.07 Å². The lowest BCUT2D eigenvalue weighted by atomic mass is 10.2. The van der Waals surface area contributed by atoms with E-state index < -0.39 is 0 Å². The minimum atomic E-state index is -0.259. The Morgan fingerprint density at radius 2 is 2.22 bits per heavy atom. The van der Waals surface area contributed by atoms with Crippen LogP contribution in [0.3, 0.4) is 0 Å². The van der Waals surface area contributed by atoms with Crippen molar-refractivity contribution in [1.82, 2.24) is 4.98 Å². The molecule has 1 heterocycles. The maximum Gasteiger partial charge on any atom is 0.134 e. The molecule has 0 aliphatic carbocycles. The summed E-state index contributed by atoms with van der Waals surface area (Å²) < 4.78 is 14.6. The van der Waals surface area contributed by atoms with Crippen LogP contribution in [0.4, 0.5) is 4.39 Å². The molecule has 2 rings (SSSR count). The fourth-order valence-corrected chi connectivity index (χ4v) is 3.10. The number of nitrogens with zero attached hydrogens (tertiary/aromatic N) is 1. The second-order valence-electron chi connectivity index (χ2n) is 3.97. The Bertz CT molecular complexity index is 554. The van der Waals surface area contributed by atoms with Crippen molar-refractivity contribution in [3.8, 4) is 10.6 Å². The number of rotatable bonds is 4. The van der Waals surface area contributed by atoms with Crippen LogP contribution in [0.5, 0.6) is 0 Å². The summed E-state index contributed by atoms with van der Waals surface area (Å²) in [5, 5.41) is 0.712. The molecule has 2 aromatic rings. The lowest BCUT2D eigenvalue weighted by Crippen LogP contribution is -1.97. The van der Waals surface area contributed by atoms with Crippen molar-refractivity contribution in [3.63, 3.8) is 0 Å². The van der Waals surface area contributed by atoms with Crippen LogP contribution in [0.15, 0.2) is 22.7 Å². The summed E-state index contributed by atoms with van der Waals surface area (Å²) in [6.45, 7) is 2.56. The van der Waals surface area contributed by atoms with Crippen molar-refractivity contribution in [1.29, 1.82) is 0 Å². The second-order valence-corrected chi connectivity index (χ2v) is 5.97.